The summed E-state index contributed by atoms with van der Waals surface area (Å²) >= 11 is 0. The first-order chi connectivity index (χ1) is 16.9. The summed E-state index contributed by atoms with van der Waals surface area (Å²) in [5.41, 5.74) is 0.0282. The van der Waals surface area contributed by atoms with Gasteiger partial charge in [0.15, 0.2) is 5.75 Å². The van der Waals surface area contributed by atoms with Crippen LogP contribution in [0.2, 0.25) is 0 Å². The third kappa shape index (κ3) is 5.51. The number of anilines is 3. The number of carbonyl (C=O) groups excluding carboxylic acids is 2. The van der Waals surface area contributed by atoms with Gasteiger partial charge in [0.05, 0.1) is 11.3 Å². The molecule has 0 spiro atoms. The average Bonchev–Trinajstić information content (AvgIpc) is 2.90. The first-order valence-corrected chi connectivity index (χ1v) is 11.6. The molecule has 0 aliphatic carbocycles. The van der Waals surface area contributed by atoms with Gasteiger partial charge in [-0.05, 0) is 17.7 Å². The lowest BCUT2D eigenvalue weighted by Crippen LogP contribution is -2.50. The number of carbonyl (C=O) groups is 2. The summed E-state index contributed by atoms with van der Waals surface area (Å²) in [5.74, 6) is -0.717. The summed E-state index contributed by atoms with van der Waals surface area (Å²) < 4.78 is 0. The van der Waals surface area contributed by atoms with Crippen LogP contribution in [-0.4, -0.2) is 52.9 Å². The highest BCUT2D eigenvalue weighted by molar-refractivity contribution is 5.99. The summed E-state index contributed by atoms with van der Waals surface area (Å²) in [7, 11) is 0. The molecule has 9 nitrogen and oxygen atoms in total. The maximum absolute atomic E-state index is 12.9. The summed E-state index contributed by atoms with van der Waals surface area (Å²) in [6.45, 7) is 7.43. The highest BCUT2D eigenvalue weighted by Crippen LogP contribution is 2.32. The molecule has 0 aromatic heterocycles. The Morgan fingerprint density at radius 1 is 0.857 bits per heavy atom. The molecular formula is C26H30N4O5. The maximum atomic E-state index is 12.9. The Balaban J connectivity index is 0.00000167. The molecular weight excluding hydrogens is 448 g/mol. The van der Waals surface area contributed by atoms with E-state index in [2.05, 4.69) is 10.6 Å². The van der Waals surface area contributed by atoms with E-state index in [1.165, 1.54) is 19.1 Å². The van der Waals surface area contributed by atoms with Crippen LogP contribution in [-0.2, 0) is 11.3 Å². The second kappa shape index (κ2) is 11.3. The lowest BCUT2D eigenvalue weighted by Gasteiger charge is -2.34. The molecule has 1 heterocycles. The van der Waals surface area contributed by atoms with Crippen LogP contribution in [0.5, 0.6) is 5.75 Å². The second-order valence-corrected chi connectivity index (χ2v) is 7.87. The Kier molecular flexibility index (Phi) is 8.25. The van der Waals surface area contributed by atoms with Crippen molar-refractivity contribution in [2.45, 2.75) is 27.3 Å². The van der Waals surface area contributed by atoms with Crippen LogP contribution >= 0.6 is 0 Å². The van der Waals surface area contributed by atoms with Crippen molar-refractivity contribution in [1.29, 1.82) is 0 Å². The van der Waals surface area contributed by atoms with Crippen molar-refractivity contribution in [3.05, 3.63) is 80.1 Å². The molecule has 0 unspecified atom stereocenters. The largest absolute Gasteiger partial charge is 0.505 e. The van der Waals surface area contributed by atoms with E-state index in [0.29, 0.717) is 32.7 Å². The van der Waals surface area contributed by atoms with E-state index < -0.39 is 10.9 Å². The van der Waals surface area contributed by atoms with Crippen molar-refractivity contribution in [3.63, 3.8) is 0 Å². The minimum Gasteiger partial charge on any atom is -0.505 e. The number of nitrogens with zero attached hydrogens (tertiary/aromatic N) is 2. The van der Waals surface area contributed by atoms with E-state index >= 15 is 0 Å². The molecule has 3 aromatic carbocycles. The lowest BCUT2D eigenvalue weighted by molar-refractivity contribution is -0.130. The van der Waals surface area contributed by atoms with Crippen LogP contribution in [0.15, 0.2) is 58.1 Å². The molecule has 1 saturated heterocycles. The van der Waals surface area contributed by atoms with E-state index in [1.807, 2.05) is 44.2 Å². The fourth-order valence-corrected chi connectivity index (χ4v) is 3.81. The minimum absolute atomic E-state index is 0.0409. The van der Waals surface area contributed by atoms with Gasteiger partial charge in [0.2, 0.25) is 5.91 Å². The van der Waals surface area contributed by atoms with Gasteiger partial charge in [-0.2, -0.15) is 0 Å². The van der Waals surface area contributed by atoms with Gasteiger partial charge in [-0.15, -0.1) is 0 Å². The molecule has 1 aliphatic rings. The van der Waals surface area contributed by atoms with Crippen molar-refractivity contribution in [2.24, 2.45) is 0 Å². The topological polar surface area (TPSA) is 119 Å². The Bertz CT molecular complexity index is 1260. The van der Waals surface area contributed by atoms with Crippen LogP contribution in [0, 0.1) is 0 Å². The van der Waals surface area contributed by atoms with E-state index in [1.54, 1.807) is 15.9 Å². The molecule has 1 aliphatic heterocycles. The molecule has 3 aromatic rings. The molecule has 4 rings (SSSR count). The van der Waals surface area contributed by atoms with Gasteiger partial charge >= 0.3 is 0 Å². The number of phenolic OH excluding ortho intramolecular Hbond substituents is 1. The molecule has 184 valence electrons. The number of rotatable bonds is 6. The second-order valence-electron chi connectivity index (χ2n) is 7.87. The zero-order valence-electron chi connectivity index (χ0n) is 20.1. The van der Waals surface area contributed by atoms with Gasteiger partial charge in [-0.1, -0.05) is 50.2 Å². The number of amides is 2. The molecule has 1 fully saturated rings. The third-order valence-corrected chi connectivity index (χ3v) is 5.76. The minimum atomic E-state index is -0.693. The quantitative estimate of drug-likeness (QED) is 0.368. The summed E-state index contributed by atoms with van der Waals surface area (Å²) in [4.78, 5) is 51.9. The fourth-order valence-electron chi connectivity index (χ4n) is 3.81. The Hall–Kier alpha value is -4.14. The SMILES string of the molecule is CC.CC(=O)N1CCN(C(=O)c2cccc(Nc3c(NCc4ccccc4)c(=O)c3=O)c2O)CC1. The predicted molar refractivity (Wildman–Crippen MR) is 136 cm³/mol. The first-order valence-electron chi connectivity index (χ1n) is 11.6. The van der Waals surface area contributed by atoms with E-state index in [-0.39, 0.29) is 40.2 Å². The highest BCUT2D eigenvalue weighted by Gasteiger charge is 2.27. The average molecular weight is 479 g/mol. The number of nitrogens with one attached hydrogen (secondary N) is 2. The number of para-hydroxylation sites is 1. The van der Waals surface area contributed by atoms with E-state index in [4.69, 9.17) is 0 Å². The fraction of sp³-hybridized carbons (Fsp3) is 0.308. The zero-order valence-corrected chi connectivity index (χ0v) is 20.1. The van der Waals surface area contributed by atoms with Gasteiger partial charge in [-0.25, -0.2) is 0 Å². The smallest absolute Gasteiger partial charge is 0.257 e. The van der Waals surface area contributed by atoms with Crippen LogP contribution in [0.3, 0.4) is 0 Å². The van der Waals surface area contributed by atoms with Crippen LogP contribution < -0.4 is 21.5 Å². The number of piperazine rings is 1. The van der Waals surface area contributed by atoms with Crippen LogP contribution in [0.1, 0.15) is 36.7 Å². The molecule has 35 heavy (non-hydrogen) atoms. The van der Waals surface area contributed by atoms with Gasteiger partial charge in [0, 0.05) is 39.6 Å². The Labute approximate surface area is 203 Å². The van der Waals surface area contributed by atoms with E-state index in [9.17, 15) is 24.3 Å². The van der Waals surface area contributed by atoms with Crippen LogP contribution in [0.25, 0.3) is 0 Å². The van der Waals surface area contributed by atoms with Gasteiger partial charge in [0.25, 0.3) is 16.8 Å². The normalized spacial score (nSPS) is 13.1. The van der Waals surface area contributed by atoms with Gasteiger partial charge in [0.1, 0.15) is 11.4 Å². The van der Waals surface area contributed by atoms with Crippen molar-refractivity contribution < 1.29 is 14.7 Å². The molecule has 0 saturated carbocycles. The number of hydrogen-bond donors (Lipinski definition) is 3. The molecule has 0 atom stereocenters. The van der Waals surface area contributed by atoms with Crippen molar-refractivity contribution in [1.82, 2.24) is 9.80 Å². The number of aromatic hydroxyl groups is 1. The zero-order chi connectivity index (χ0) is 25.5. The van der Waals surface area contributed by atoms with E-state index in [0.717, 1.165) is 5.56 Å². The molecule has 0 radical (unpaired) electrons. The number of benzene rings is 2. The monoisotopic (exact) mass is 478 g/mol. The van der Waals surface area contributed by atoms with Crippen molar-refractivity contribution in [2.75, 3.05) is 36.8 Å². The number of hydrogen-bond acceptors (Lipinski definition) is 7. The van der Waals surface area contributed by atoms with Gasteiger partial charge < -0.3 is 25.5 Å². The van der Waals surface area contributed by atoms with Crippen LogP contribution in [0.4, 0.5) is 17.1 Å². The van der Waals surface area contributed by atoms with Crippen molar-refractivity contribution in [3.8, 4) is 5.75 Å². The van der Waals surface area contributed by atoms with Gasteiger partial charge in [-0.3, -0.25) is 19.2 Å². The maximum Gasteiger partial charge on any atom is 0.257 e. The highest BCUT2D eigenvalue weighted by atomic mass is 16.3. The summed E-state index contributed by atoms with van der Waals surface area (Å²) in [6, 6.07) is 14.0. The standard InChI is InChI=1S/C24H24N4O5.C2H6/c1-15(29)27-10-12-28(13-11-27)24(33)17-8-5-9-18(21(17)30)26-20-19(22(31)23(20)32)25-14-16-6-3-2-4-7-16;1-2/h2-9,25-26,30H,10-14H2,1H3;1-2H3. The summed E-state index contributed by atoms with van der Waals surface area (Å²) in [6.07, 6.45) is 0. The summed E-state index contributed by atoms with van der Waals surface area (Å²) in [5, 5.41) is 16.5. The molecule has 3 N–H and O–H groups in total. The molecule has 0 bridgehead atoms. The molecule has 9 heteroatoms. The molecule has 2 amide bonds. The Morgan fingerprint density at radius 3 is 2.09 bits per heavy atom. The third-order valence-electron chi connectivity index (χ3n) is 5.76. The van der Waals surface area contributed by atoms with Crippen molar-refractivity contribution >= 4 is 28.9 Å². The number of phenols is 1. The lowest BCUT2D eigenvalue weighted by atomic mass is 10.1. The predicted octanol–water partition coefficient (Wildman–Crippen LogP) is 2.67. The Morgan fingerprint density at radius 2 is 1.46 bits per heavy atom. The first kappa shape index (κ1) is 25.5.